The van der Waals surface area contributed by atoms with Crippen molar-refractivity contribution in [1.82, 2.24) is 0 Å². The monoisotopic (exact) mass is 551 g/mol. The smallest absolute Gasteiger partial charge is 0.481 e. The molecule has 1 atom stereocenters. The van der Waals surface area contributed by atoms with E-state index in [9.17, 15) is 4.79 Å². The van der Waals surface area contributed by atoms with Crippen LogP contribution in [0.15, 0.2) is 0 Å². The van der Waals surface area contributed by atoms with E-state index in [1.54, 1.807) is 0 Å². The molecule has 0 aliphatic rings. The number of hydrogen-bond donors (Lipinski definition) is 1. The molecule has 0 aliphatic carbocycles. The minimum Gasteiger partial charge on any atom is -0.481 e. The maximum absolute atomic E-state index is 10.4. The molecule has 0 amide bonds. The molecule has 0 spiro atoms. The summed E-state index contributed by atoms with van der Waals surface area (Å²) < 4.78 is 28.8. The standard InChI is InChI=1S/C23H47O7Si.2C2H4O/c1-5-28-31(29-6-2,30-7-3)21-17-20-27-22(4)26-19-16-14-12-10-8-9-11-13-15-18-23(24)25;2*1-2-3/h22H,4-21H2,1-3H3,(H,24,25);2*1-2H2. The Morgan fingerprint density at radius 1 is 0.703 bits per heavy atom. The molecule has 0 rings (SSSR count). The van der Waals surface area contributed by atoms with Crippen LogP contribution in [0.4, 0.5) is 0 Å². The maximum Gasteiger partial charge on any atom is 0.501 e. The number of hydrogen-bond acceptors (Lipinski definition) is 6. The fourth-order valence-electron chi connectivity index (χ4n) is 3.38. The molecule has 0 aliphatic heterocycles. The summed E-state index contributed by atoms with van der Waals surface area (Å²) in [7, 11) is -2.59. The van der Waals surface area contributed by atoms with Crippen molar-refractivity contribution < 1.29 is 42.9 Å². The molecule has 0 aromatic carbocycles. The van der Waals surface area contributed by atoms with Crippen LogP contribution in [0.25, 0.3) is 0 Å². The average Bonchev–Trinajstić information content (AvgIpc) is 2.84. The van der Waals surface area contributed by atoms with Gasteiger partial charge in [-0.15, -0.1) is 0 Å². The topological polar surface area (TPSA) is 123 Å². The zero-order chi connectivity index (χ0) is 28.6. The third-order valence-electron chi connectivity index (χ3n) is 4.86. The quantitative estimate of drug-likeness (QED) is 0.0872. The Bertz CT molecular complexity index is 423. The van der Waals surface area contributed by atoms with E-state index < -0.39 is 21.1 Å². The van der Waals surface area contributed by atoms with Crippen LogP contribution in [0, 0.1) is 20.8 Å². The summed E-state index contributed by atoms with van der Waals surface area (Å²) >= 11 is 0. The molecular formula is C27H55O9Si. The predicted octanol–water partition coefficient (Wildman–Crippen LogP) is 6.11. The van der Waals surface area contributed by atoms with Crippen LogP contribution in [0.5, 0.6) is 0 Å². The van der Waals surface area contributed by atoms with Gasteiger partial charge in [-0.1, -0.05) is 44.9 Å². The van der Waals surface area contributed by atoms with Gasteiger partial charge < -0.3 is 27.9 Å². The van der Waals surface area contributed by atoms with Gasteiger partial charge in [0, 0.05) is 52.4 Å². The van der Waals surface area contributed by atoms with Crippen LogP contribution in [0.2, 0.25) is 6.04 Å². The van der Waals surface area contributed by atoms with Crippen molar-refractivity contribution in [2.24, 2.45) is 0 Å². The number of carbonyl (C=O) groups is 1. The lowest BCUT2D eigenvalue weighted by Crippen LogP contribution is -2.46. The van der Waals surface area contributed by atoms with Gasteiger partial charge in [-0.2, -0.15) is 0 Å². The van der Waals surface area contributed by atoms with E-state index in [-0.39, 0.29) is 13.2 Å². The van der Waals surface area contributed by atoms with Crippen molar-refractivity contribution in [2.45, 2.75) is 104 Å². The van der Waals surface area contributed by atoms with Crippen LogP contribution in [-0.4, -0.2) is 72.4 Å². The molecule has 0 aromatic rings. The van der Waals surface area contributed by atoms with Crippen molar-refractivity contribution in [3.05, 3.63) is 20.8 Å². The molecule has 37 heavy (non-hydrogen) atoms. The molecule has 10 heteroatoms. The predicted molar refractivity (Wildman–Crippen MR) is 147 cm³/mol. The van der Waals surface area contributed by atoms with Crippen LogP contribution < -0.4 is 0 Å². The minimum absolute atomic E-state index is 0.250. The van der Waals surface area contributed by atoms with Crippen molar-refractivity contribution in [1.29, 1.82) is 0 Å². The van der Waals surface area contributed by atoms with E-state index >= 15 is 0 Å². The highest BCUT2D eigenvalue weighted by Crippen LogP contribution is 2.18. The Morgan fingerprint density at radius 2 is 1.05 bits per heavy atom. The fraction of sp³-hybridized carbons (Fsp3) is 0.852. The van der Waals surface area contributed by atoms with Crippen LogP contribution in [-0.2, 0) is 37.8 Å². The van der Waals surface area contributed by atoms with Crippen molar-refractivity contribution in [3.63, 3.8) is 0 Å². The first kappa shape index (κ1) is 40.9. The van der Waals surface area contributed by atoms with Gasteiger partial charge in [0.1, 0.15) is 0 Å². The van der Waals surface area contributed by atoms with Gasteiger partial charge >= 0.3 is 14.8 Å². The highest BCUT2D eigenvalue weighted by atomic mass is 28.4. The van der Waals surface area contributed by atoms with Gasteiger partial charge in [-0.25, -0.2) is 10.2 Å². The Labute approximate surface area is 228 Å². The second kappa shape index (κ2) is 33.4. The zero-order valence-electron chi connectivity index (χ0n) is 23.8. The molecule has 221 valence electrons. The van der Waals surface area contributed by atoms with Gasteiger partial charge in [0.05, 0.1) is 13.2 Å². The van der Waals surface area contributed by atoms with Crippen LogP contribution in [0.3, 0.4) is 0 Å². The lowest BCUT2D eigenvalue weighted by Gasteiger charge is -2.28. The molecule has 0 aromatic heterocycles. The molecule has 0 saturated carbocycles. The Hall–Kier alpha value is -0.593. The normalized spacial score (nSPS) is 11.8. The lowest BCUT2D eigenvalue weighted by molar-refractivity contribution is -0.137. The van der Waals surface area contributed by atoms with Crippen molar-refractivity contribution in [2.75, 3.05) is 46.2 Å². The first-order chi connectivity index (χ1) is 17.8. The highest BCUT2D eigenvalue weighted by Gasteiger charge is 2.39. The average molecular weight is 552 g/mol. The summed E-state index contributed by atoms with van der Waals surface area (Å²) in [5.74, 6) is -0.689. The molecule has 0 bridgehead atoms. The third kappa shape index (κ3) is 33.4. The molecular weight excluding hydrogens is 496 g/mol. The summed E-state index contributed by atoms with van der Waals surface area (Å²) in [5.41, 5.74) is 0. The van der Waals surface area contributed by atoms with E-state index in [1.807, 2.05) is 20.8 Å². The third-order valence-corrected chi connectivity index (χ3v) is 8.01. The number of ether oxygens (including phenoxy) is 2. The van der Waals surface area contributed by atoms with Crippen LogP contribution in [0.1, 0.15) is 91.4 Å². The summed E-state index contributed by atoms with van der Waals surface area (Å²) in [6.45, 7) is 18.1. The second-order valence-electron chi connectivity index (χ2n) is 7.99. The number of aliphatic carboxylic acids is 1. The highest BCUT2D eigenvalue weighted by molar-refractivity contribution is 6.60. The van der Waals surface area contributed by atoms with Gasteiger partial charge in [-0.3, -0.25) is 4.79 Å². The summed E-state index contributed by atoms with van der Waals surface area (Å²) in [4.78, 5) is 10.4. The van der Waals surface area contributed by atoms with E-state index in [2.05, 4.69) is 20.8 Å². The summed E-state index contributed by atoms with van der Waals surface area (Å²) in [6.07, 6.45) is 10.6. The fourth-order valence-corrected chi connectivity index (χ4v) is 5.96. The molecule has 0 fully saturated rings. The lowest BCUT2D eigenvalue weighted by atomic mass is 10.1. The summed E-state index contributed by atoms with van der Waals surface area (Å²) in [5, 5.41) is 26.2. The Balaban J connectivity index is -0.00000174. The van der Waals surface area contributed by atoms with Gasteiger partial charge in [0.2, 0.25) is 0 Å². The van der Waals surface area contributed by atoms with Gasteiger partial charge in [0.15, 0.2) is 6.29 Å². The van der Waals surface area contributed by atoms with Gasteiger partial charge in [0.25, 0.3) is 0 Å². The van der Waals surface area contributed by atoms with E-state index in [1.165, 1.54) is 25.7 Å². The van der Waals surface area contributed by atoms with E-state index in [0.717, 1.165) is 44.6 Å². The minimum atomic E-state index is -2.59. The molecule has 1 N–H and O–H groups in total. The number of carboxylic acid groups (broad SMARTS) is 1. The molecule has 9 nitrogen and oxygen atoms in total. The van der Waals surface area contributed by atoms with Crippen LogP contribution >= 0.6 is 0 Å². The maximum atomic E-state index is 10.4. The first-order valence-corrected chi connectivity index (χ1v) is 15.7. The first-order valence-electron chi connectivity index (χ1n) is 13.8. The number of carboxylic acids is 1. The van der Waals surface area contributed by atoms with E-state index in [4.69, 9.17) is 38.1 Å². The summed E-state index contributed by atoms with van der Waals surface area (Å²) in [6, 6.07) is 0.731. The Morgan fingerprint density at radius 3 is 1.43 bits per heavy atom. The molecule has 0 saturated heterocycles. The van der Waals surface area contributed by atoms with E-state index in [0.29, 0.717) is 39.5 Å². The second-order valence-corrected chi connectivity index (χ2v) is 10.7. The van der Waals surface area contributed by atoms with Crippen molar-refractivity contribution in [3.8, 4) is 0 Å². The SMILES string of the molecule is [CH2]C(OCCCCCCCCCCCC(=O)O)OCCC[Si](OCC)(OCC)OCC.[CH2]C[O].[CH2]C[O]. The zero-order valence-corrected chi connectivity index (χ0v) is 24.8. The number of rotatable bonds is 24. The molecule has 0 heterocycles. The largest absolute Gasteiger partial charge is 0.501 e. The van der Waals surface area contributed by atoms with Gasteiger partial charge in [-0.05, 0) is 53.9 Å². The molecule has 1 unspecified atom stereocenters. The molecule has 5 radical (unpaired) electrons. The number of unbranched alkanes of at least 4 members (excludes halogenated alkanes) is 8. The van der Waals surface area contributed by atoms with Crippen molar-refractivity contribution >= 4 is 14.8 Å². The Kier molecular flexibility index (Phi) is 37.0.